The smallest absolute Gasteiger partial charge is 0.652 e. The largest absolute Gasteiger partial charge is 3.00 e. The van der Waals surface area contributed by atoms with Crippen molar-refractivity contribution in [1.29, 1.82) is 0 Å². The zero-order valence-electron chi connectivity index (χ0n) is 6.49. The molecular formula is C3H2Cr2O10. The second kappa shape index (κ2) is 29.3. The standard InChI is InChI=1S/3CH2O3.2Cr.H2O/c3*2-1(3)4;;;/h3*(H2,2,3,4);;;1H2/q;;;2*+3;/p-6. The Morgan fingerprint density at radius 1 is 0.533 bits per heavy atom. The SMILES string of the molecule is O.O=C([O-])[O-].O=C([O-])[O-].O=C([O-])[O-].[Cr+3].[Cr+3]. The van der Waals surface area contributed by atoms with E-state index in [1.54, 1.807) is 0 Å². The van der Waals surface area contributed by atoms with E-state index in [-0.39, 0.29) is 40.2 Å². The van der Waals surface area contributed by atoms with Crippen molar-refractivity contribution in [3.05, 3.63) is 0 Å². The van der Waals surface area contributed by atoms with Crippen LogP contribution in [0.4, 0.5) is 14.4 Å². The van der Waals surface area contributed by atoms with Crippen LogP contribution in [0, 0.1) is 0 Å². The zero-order chi connectivity index (χ0) is 10.7. The van der Waals surface area contributed by atoms with Gasteiger partial charge in [0.15, 0.2) is 0 Å². The topological polar surface area (TPSA) is 221 Å². The Bertz CT molecular complexity index is 116. The van der Waals surface area contributed by atoms with E-state index in [2.05, 4.69) is 0 Å². The summed E-state index contributed by atoms with van der Waals surface area (Å²) >= 11 is 0. The molecule has 0 saturated heterocycles. The van der Waals surface area contributed by atoms with Crippen LogP contribution in [0.5, 0.6) is 0 Å². The minimum atomic E-state index is -2.33. The summed E-state index contributed by atoms with van der Waals surface area (Å²) in [6.07, 6.45) is -7.00. The molecule has 0 aliphatic carbocycles. The van der Waals surface area contributed by atoms with Crippen molar-refractivity contribution in [2.75, 3.05) is 0 Å². The Balaban J connectivity index is -0.0000000184. The van der Waals surface area contributed by atoms with Crippen molar-refractivity contribution in [2.45, 2.75) is 0 Å². The van der Waals surface area contributed by atoms with Crippen LogP contribution in [0.25, 0.3) is 0 Å². The summed E-state index contributed by atoms with van der Waals surface area (Å²) in [5.41, 5.74) is 0. The van der Waals surface area contributed by atoms with Gasteiger partial charge < -0.3 is 50.5 Å². The summed E-state index contributed by atoms with van der Waals surface area (Å²) in [4.78, 5) is 25.0. The molecular weight excluding hydrogens is 300 g/mol. The minimum absolute atomic E-state index is 0. The summed E-state index contributed by atoms with van der Waals surface area (Å²) < 4.78 is 0. The first-order valence-electron chi connectivity index (χ1n) is 1.84. The molecule has 0 fully saturated rings. The van der Waals surface area contributed by atoms with Crippen LogP contribution in [0.1, 0.15) is 0 Å². The van der Waals surface area contributed by atoms with E-state index < -0.39 is 18.5 Å². The Morgan fingerprint density at radius 3 is 0.533 bits per heavy atom. The predicted molar refractivity (Wildman–Crippen MR) is 19.8 cm³/mol. The third-order valence-electron chi connectivity index (χ3n) is 0. The van der Waals surface area contributed by atoms with E-state index >= 15 is 0 Å². The van der Waals surface area contributed by atoms with Gasteiger partial charge in [-0.3, -0.25) is 0 Å². The Labute approximate surface area is 104 Å². The Morgan fingerprint density at radius 2 is 0.533 bits per heavy atom. The van der Waals surface area contributed by atoms with Crippen LogP contribution in [0.3, 0.4) is 0 Å². The number of carbonyl (C=O) groups is 3. The Kier molecular flexibility index (Phi) is 72.5. The molecule has 0 rings (SSSR count). The van der Waals surface area contributed by atoms with Crippen molar-refractivity contribution in [3.8, 4) is 0 Å². The Hall–Kier alpha value is -1.17. The van der Waals surface area contributed by atoms with Crippen molar-refractivity contribution in [2.24, 2.45) is 0 Å². The van der Waals surface area contributed by atoms with Crippen molar-refractivity contribution in [3.63, 3.8) is 0 Å². The third kappa shape index (κ3) is 1110. The van der Waals surface area contributed by atoms with Crippen molar-refractivity contribution < 1.29 is 85.2 Å². The van der Waals surface area contributed by atoms with E-state index in [9.17, 15) is 0 Å². The van der Waals surface area contributed by atoms with Gasteiger partial charge >= 0.3 is 34.7 Å². The summed E-state index contributed by atoms with van der Waals surface area (Å²) in [5.74, 6) is 0. The van der Waals surface area contributed by atoms with Gasteiger partial charge in [-0.1, -0.05) is 0 Å². The second-order valence-electron chi connectivity index (χ2n) is 0.750. The van der Waals surface area contributed by atoms with Crippen LogP contribution >= 0.6 is 0 Å². The van der Waals surface area contributed by atoms with Crippen molar-refractivity contribution >= 4 is 18.5 Å². The maximum absolute atomic E-state index is 8.33. The molecule has 0 spiro atoms. The third-order valence-corrected chi connectivity index (χ3v) is 0. The predicted octanol–water partition coefficient (Wildman–Crippen LogP) is -8.17. The van der Waals surface area contributed by atoms with E-state index in [1.807, 2.05) is 0 Å². The maximum Gasteiger partial charge on any atom is 3.00 e. The van der Waals surface area contributed by atoms with Crippen LogP contribution in [0.2, 0.25) is 0 Å². The molecule has 0 aliphatic heterocycles. The van der Waals surface area contributed by atoms with Gasteiger partial charge in [-0.25, -0.2) is 0 Å². The molecule has 0 amide bonds. The van der Waals surface area contributed by atoms with Gasteiger partial charge in [0.05, 0.1) is 0 Å². The quantitative estimate of drug-likeness (QED) is 0.413. The normalized spacial score (nSPS) is 4.80. The van der Waals surface area contributed by atoms with Crippen LogP contribution in [-0.2, 0) is 34.7 Å². The zero-order valence-corrected chi connectivity index (χ0v) is 9.04. The first-order chi connectivity index (χ1) is 5.20. The van der Waals surface area contributed by atoms with E-state index in [0.29, 0.717) is 0 Å². The number of carbonyl (C=O) groups excluding carboxylic acids is 3. The number of hydrogen-bond donors (Lipinski definition) is 0. The molecule has 0 heterocycles. The fourth-order valence-electron chi connectivity index (χ4n) is 0. The molecule has 0 unspecified atom stereocenters. The molecule has 0 aromatic carbocycles. The molecule has 2 N–H and O–H groups in total. The monoisotopic (exact) mass is 302 g/mol. The number of rotatable bonds is 0. The van der Waals surface area contributed by atoms with Crippen LogP contribution in [0.15, 0.2) is 0 Å². The maximum atomic E-state index is 8.33. The first kappa shape index (κ1) is 37.1. The average Bonchev–Trinajstić information content (AvgIpc) is 1.54. The van der Waals surface area contributed by atoms with Gasteiger partial charge in [0, 0.05) is 0 Å². The summed E-state index contributed by atoms with van der Waals surface area (Å²) in [5, 5.41) is 50.0. The summed E-state index contributed by atoms with van der Waals surface area (Å²) in [7, 11) is 0. The van der Waals surface area contributed by atoms with Gasteiger partial charge in [-0.2, -0.15) is 0 Å². The molecule has 15 heavy (non-hydrogen) atoms. The van der Waals surface area contributed by atoms with Crippen LogP contribution in [-0.4, -0.2) is 23.9 Å². The molecule has 12 heteroatoms. The molecule has 0 aliphatic rings. The van der Waals surface area contributed by atoms with Crippen LogP contribution < -0.4 is 30.6 Å². The van der Waals surface area contributed by atoms with E-state index in [1.165, 1.54) is 0 Å². The fraction of sp³-hybridized carbons (Fsp3) is 0. The van der Waals surface area contributed by atoms with Gasteiger partial charge in [0.1, 0.15) is 0 Å². The van der Waals surface area contributed by atoms with Crippen molar-refractivity contribution in [1.82, 2.24) is 0 Å². The molecule has 86 valence electrons. The molecule has 2 radical (unpaired) electrons. The van der Waals surface area contributed by atoms with E-state index in [0.717, 1.165) is 0 Å². The average molecular weight is 302 g/mol. The van der Waals surface area contributed by atoms with Gasteiger partial charge in [0.2, 0.25) is 0 Å². The number of hydrogen-bond acceptors (Lipinski definition) is 9. The molecule has 10 nitrogen and oxygen atoms in total. The fourth-order valence-corrected chi connectivity index (χ4v) is 0. The molecule has 0 atom stereocenters. The molecule has 0 aromatic heterocycles. The van der Waals surface area contributed by atoms with Gasteiger partial charge in [-0.15, -0.1) is 0 Å². The minimum Gasteiger partial charge on any atom is -0.652 e. The molecule has 0 bridgehead atoms. The molecule has 0 aromatic rings. The van der Waals surface area contributed by atoms with Gasteiger partial charge in [0.25, 0.3) is 0 Å². The number of carboxylic acid groups (broad SMARTS) is 6. The molecule has 0 saturated carbocycles. The van der Waals surface area contributed by atoms with Gasteiger partial charge in [-0.05, 0) is 18.5 Å². The first-order valence-corrected chi connectivity index (χ1v) is 1.84. The van der Waals surface area contributed by atoms with E-state index in [4.69, 9.17) is 45.0 Å². The summed E-state index contributed by atoms with van der Waals surface area (Å²) in [6.45, 7) is 0. The summed E-state index contributed by atoms with van der Waals surface area (Å²) in [6, 6.07) is 0. The second-order valence-corrected chi connectivity index (χ2v) is 0.750.